The van der Waals surface area contributed by atoms with Crippen LogP contribution in [0.15, 0.2) is 53.4 Å². The van der Waals surface area contributed by atoms with Gasteiger partial charge in [-0.3, -0.25) is 9.59 Å². The van der Waals surface area contributed by atoms with Crippen LogP contribution in [0.1, 0.15) is 45.6 Å². The molecule has 0 heterocycles. The molecule has 0 aliphatic rings. The van der Waals surface area contributed by atoms with Crippen molar-refractivity contribution in [1.82, 2.24) is 10.2 Å². The van der Waals surface area contributed by atoms with Crippen LogP contribution in [0.4, 0.5) is 4.39 Å². The number of nitrogens with zero attached hydrogens (tertiary/aromatic N) is 1. The minimum Gasteiger partial charge on any atom is -0.352 e. The van der Waals surface area contributed by atoms with Gasteiger partial charge >= 0.3 is 0 Å². The number of hydrogen-bond acceptors (Lipinski definition) is 3. The van der Waals surface area contributed by atoms with Crippen LogP contribution in [0.25, 0.3) is 0 Å². The molecule has 0 bridgehead atoms. The number of hydrogen-bond donors (Lipinski definition) is 1. The van der Waals surface area contributed by atoms with Gasteiger partial charge < -0.3 is 10.2 Å². The Labute approximate surface area is 193 Å². The molecular weight excluding hydrogens is 435 g/mol. The quantitative estimate of drug-likeness (QED) is 0.343. The van der Waals surface area contributed by atoms with Gasteiger partial charge in [-0.2, -0.15) is 0 Å². The number of amides is 2. The van der Waals surface area contributed by atoms with Gasteiger partial charge in [-0.15, -0.1) is 11.8 Å². The number of thioether (sulfide) groups is 1. The summed E-state index contributed by atoms with van der Waals surface area (Å²) in [5.74, 6) is 0.183. The summed E-state index contributed by atoms with van der Waals surface area (Å²) >= 11 is 7.57. The van der Waals surface area contributed by atoms with Gasteiger partial charge in [-0.1, -0.05) is 30.7 Å². The van der Waals surface area contributed by atoms with Crippen molar-refractivity contribution in [3.63, 3.8) is 0 Å². The Morgan fingerprint density at radius 2 is 1.74 bits per heavy atom. The molecule has 0 radical (unpaired) electrons. The molecular formula is C24H30ClFN2O2S. The number of rotatable bonds is 11. The molecule has 0 aromatic heterocycles. The van der Waals surface area contributed by atoms with Crippen molar-refractivity contribution >= 4 is 35.2 Å². The fourth-order valence-corrected chi connectivity index (χ4v) is 3.90. The Morgan fingerprint density at radius 1 is 1.10 bits per heavy atom. The van der Waals surface area contributed by atoms with Crippen molar-refractivity contribution in [2.75, 3.05) is 5.75 Å². The lowest BCUT2D eigenvalue weighted by molar-refractivity contribution is -0.140. The molecule has 2 atom stereocenters. The highest BCUT2D eigenvalue weighted by atomic mass is 35.5. The summed E-state index contributed by atoms with van der Waals surface area (Å²) in [5.41, 5.74) is 0.786. The highest BCUT2D eigenvalue weighted by Gasteiger charge is 2.26. The fourth-order valence-electron chi connectivity index (χ4n) is 2.92. The van der Waals surface area contributed by atoms with Crippen LogP contribution < -0.4 is 5.32 Å². The van der Waals surface area contributed by atoms with Crippen molar-refractivity contribution < 1.29 is 14.0 Å². The fraction of sp³-hybridized carbons (Fsp3) is 0.417. The van der Waals surface area contributed by atoms with Crippen molar-refractivity contribution in [2.24, 2.45) is 0 Å². The van der Waals surface area contributed by atoms with Crippen molar-refractivity contribution in [3.8, 4) is 0 Å². The molecule has 31 heavy (non-hydrogen) atoms. The lowest BCUT2D eigenvalue weighted by Gasteiger charge is -2.29. The zero-order chi connectivity index (χ0) is 22.8. The largest absolute Gasteiger partial charge is 0.352 e. The predicted octanol–water partition coefficient (Wildman–Crippen LogP) is 5.68. The van der Waals surface area contributed by atoms with Gasteiger partial charge in [-0.05, 0) is 74.4 Å². The predicted molar refractivity (Wildman–Crippen MR) is 126 cm³/mol. The molecule has 2 aromatic carbocycles. The SMILES string of the molecule is CCC(C)NC(=O)C(C)N(Cc1ccc(F)cc1)C(=O)CCCSc1ccc(Cl)cc1. The van der Waals surface area contributed by atoms with Gasteiger partial charge in [-0.25, -0.2) is 4.39 Å². The summed E-state index contributed by atoms with van der Waals surface area (Å²) in [5, 5.41) is 3.64. The highest BCUT2D eigenvalue weighted by molar-refractivity contribution is 7.99. The number of nitrogens with one attached hydrogen (secondary N) is 1. The van der Waals surface area contributed by atoms with E-state index in [1.54, 1.807) is 35.7 Å². The average Bonchev–Trinajstić information content (AvgIpc) is 2.76. The van der Waals surface area contributed by atoms with Crippen molar-refractivity contribution in [1.29, 1.82) is 0 Å². The Bertz CT molecular complexity index is 846. The maximum absolute atomic E-state index is 13.3. The lowest BCUT2D eigenvalue weighted by atomic mass is 10.1. The third-order valence-corrected chi connectivity index (χ3v) is 6.40. The topological polar surface area (TPSA) is 49.4 Å². The molecule has 0 aliphatic heterocycles. The van der Waals surface area contributed by atoms with Gasteiger partial charge in [0.15, 0.2) is 0 Å². The molecule has 7 heteroatoms. The Kier molecular flexibility index (Phi) is 10.3. The first-order chi connectivity index (χ1) is 14.8. The second-order valence-electron chi connectivity index (χ2n) is 7.55. The van der Waals surface area contributed by atoms with Crippen LogP contribution in [0.2, 0.25) is 5.02 Å². The second kappa shape index (κ2) is 12.7. The Balaban J connectivity index is 1.99. The zero-order valence-electron chi connectivity index (χ0n) is 18.2. The number of benzene rings is 2. The van der Waals surface area contributed by atoms with E-state index in [0.717, 1.165) is 22.6 Å². The van der Waals surface area contributed by atoms with E-state index in [0.29, 0.717) is 17.9 Å². The number of halogens is 2. The van der Waals surface area contributed by atoms with Crippen LogP contribution in [0, 0.1) is 5.82 Å². The minimum absolute atomic E-state index is 0.0356. The first-order valence-corrected chi connectivity index (χ1v) is 11.9. The van der Waals surface area contributed by atoms with Crippen LogP contribution in [0.5, 0.6) is 0 Å². The number of carbonyl (C=O) groups is 2. The maximum atomic E-state index is 13.3. The molecule has 0 saturated heterocycles. The summed E-state index contributed by atoms with van der Waals surface area (Å²) in [6, 6.07) is 13.0. The van der Waals surface area contributed by atoms with Gasteiger partial charge in [0, 0.05) is 28.9 Å². The summed E-state index contributed by atoms with van der Waals surface area (Å²) in [6.07, 6.45) is 1.83. The lowest BCUT2D eigenvalue weighted by Crippen LogP contribution is -2.49. The van der Waals surface area contributed by atoms with E-state index < -0.39 is 6.04 Å². The van der Waals surface area contributed by atoms with Gasteiger partial charge in [0.1, 0.15) is 11.9 Å². The molecule has 168 valence electrons. The van der Waals surface area contributed by atoms with Crippen LogP contribution >= 0.6 is 23.4 Å². The van der Waals surface area contributed by atoms with E-state index in [-0.39, 0.29) is 30.2 Å². The third-order valence-electron chi connectivity index (χ3n) is 5.05. The van der Waals surface area contributed by atoms with Crippen LogP contribution in [0.3, 0.4) is 0 Å². The molecule has 0 fully saturated rings. The monoisotopic (exact) mass is 464 g/mol. The smallest absolute Gasteiger partial charge is 0.242 e. The number of carbonyl (C=O) groups excluding carboxylic acids is 2. The van der Waals surface area contributed by atoms with E-state index >= 15 is 0 Å². The molecule has 4 nitrogen and oxygen atoms in total. The van der Waals surface area contributed by atoms with E-state index in [4.69, 9.17) is 11.6 Å². The van der Waals surface area contributed by atoms with E-state index in [9.17, 15) is 14.0 Å². The molecule has 0 spiro atoms. The molecule has 2 aromatic rings. The molecule has 0 aliphatic carbocycles. The molecule has 2 unspecified atom stereocenters. The Hall–Kier alpha value is -2.05. The van der Waals surface area contributed by atoms with E-state index in [1.165, 1.54) is 12.1 Å². The standard InChI is InChI=1S/C24H30ClFN2O2S/c1-4-17(2)27-24(30)18(3)28(16-19-7-11-21(26)12-8-19)23(29)6-5-15-31-22-13-9-20(25)10-14-22/h7-14,17-18H,4-6,15-16H2,1-3H3,(H,27,30). The summed E-state index contributed by atoms with van der Waals surface area (Å²) in [4.78, 5) is 28.4. The molecule has 0 saturated carbocycles. The second-order valence-corrected chi connectivity index (χ2v) is 9.15. The summed E-state index contributed by atoms with van der Waals surface area (Å²) < 4.78 is 13.3. The first-order valence-electron chi connectivity index (χ1n) is 10.5. The van der Waals surface area contributed by atoms with E-state index in [2.05, 4.69) is 5.32 Å². The van der Waals surface area contributed by atoms with Crippen molar-refractivity contribution in [2.45, 2.75) is 63.6 Å². The average molecular weight is 465 g/mol. The van der Waals surface area contributed by atoms with Gasteiger partial charge in [0.2, 0.25) is 11.8 Å². The minimum atomic E-state index is -0.615. The summed E-state index contributed by atoms with van der Waals surface area (Å²) in [6.45, 7) is 5.93. The van der Waals surface area contributed by atoms with Crippen LogP contribution in [-0.2, 0) is 16.1 Å². The molecule has 1 N–H and O–H groups in total. The van der Waals surface area contributed by atoms with Gasteiger partial charge in [0.25, 0.3) is 0 Å². The van der Waals surface area contributed by atoms with Gasteiger partial charge in [0.05, 0.1) is 0 Å². The van der Waals surface area contributed by atoms with Crippen molar-refractivity contribution in [3.05, 3.63) is 64.9 Å². The highest BCUT2D eigenvalue weighted by Crippen LogP contribution is 2.22. The molecule has 2 amide bonds. The maximum Gasteiger partial charge on any atom is 0.242 e. The third kappa shape index (κ3) is 8.54. The zero-order valence-corrected chi connectivity index (χ0v) is 19.8. The Morgan fingerprint density at radius 3 is 2.35 bits per heavy atom. The molecule has 2 rings (SSSR count). The summed E-state index contributed by atoms with van der Waals surface area (Å²) in [7, 11) is 0. The normalized spacial score (nSPS) is 12.8. The first kappa shape index (κ1) is 25.2. The van der Waals surface area contributed by atoms with E-state index in [1.807, 2.05) is 38.1 Å². The van der Waals surface area contributed by atoms with Crippen LogP contribution in [-0.4, -0.2) is 34.6 Å².